The third-order valence-corrected chi connectivity index (χ3v) is 10.9. The van der Waals surface area contributed by atoms with Crippen LogP contribution in [0.4, 0.5) is 30.2 Å². The average Bonchev–Trinajstić information content (AvgIpc) is 3.44. The standard InChI is InChI=1S/C29H17Cl2F3N4O6S2/c30-18-6-2-5-17(22(18)31)20-21-23(26(41)37(25(21)40)15-7-9-16(10-8-15)38(43)44)45-27-24(20)46-28(42)36(27)12-19(39)35-14-4-1-3-13(11-14)29(32,33)34/h1-11,20-21,23H,12H2,(H,35,39). The summed E-state index contributed by atoms with van der Waals surface area (Å²) in [6.07, 6.45) is -4.64. The van der Waals surface area contributed by atoms with Crippen molar-refractivity contribution >= 4 is 81.1 Å². The minimum absolute atomic E-state index is 0.0921. The molecular weight excluding hydrogens is 692 g/mol. The van der Waals surface area contributed by atoms with Gasteiger partial charge in [0.1, 0.15) is 11.8 Å². The van der Waals surface area contributed by atoms with E-state index in [1.54, 1.807) is 12.1 Å². The smallest absolute Gasteiger partial charge is 0.325 e. The van der Waals surface area contributed by atoms with Crippen LogP contribution in [-0.4, -0.2) is 32.5 Å². The van der Waals surface area contributed by atoms with Gasteiger partial charge in [0, 0.05) is 28.6 Å². The SMILES string of the molecule is O=C(Cn1c2c(sc1=O)C(c1cccc(Cl)c1Cl)C1C(=O)N(c3ccc([N+](=O)[O-])cc3)C(=O)C1S2)Nc1cccc(C(F)(F)F)c1. The van der Waals surface area contributed by atoms with Gasteiger partial charge in [0.05, 0.1) is 37.2 Å². The van der Waals surface area contributed by atoms with Crippen LogP contribution in [0.1, 0.15) is 21.9 Å². The van der Waals surface area contributed by atoms with Gasteiger partial charge >= 0.3 is 11.0 Å². The van der Waals surface area contributed by atoms with Gasteiger partial charge in [0.15, 0.2) is 0 Å². The van der Waals surface area contributed by atoms with Crippen molar-refractivity contribution in [1.82, 2.24) is 4.57 Å². The molecule has 1 fully saturated rings. The summed E-state index contributed by atoms with van der Waals surface area (Å²) in [5.74, 6) is -4.10. The van der Waals surface area contributed by atoms with Gasteiger partial charge in [0.25, 0.3) is 5.69 Å². The average molecular weight is 710 g/mol. The van der Waals surface area contributed by atoms with Crippen molar-refractivity contribution in [2.24, 2.45) is 5.92 Å². The number of alkyl halides is 3. The maximum absolute atomic E-state index is 14.0. The second-order valence-electron chi connectivity index (χ2n) is 10.2. The zero-order chi connectivity index (χ0) is 33.1. The van der Waals surface area contributed by atoms with E-state index in [2.05, 4.69) is 5.32 Å². The van der Waals surface area contributed by atoms with Crippen molar-refractivity contribution in [2.45, 2.75) is 28.9 Å². The van der Waals surface area contributed by atoms with Gasteiger partial charge in [0.2, 0.25) is 17.7 Å². The molecule has 17 heteroatoms. The third kappa shape index (κ3) is 5.57. The van der Waals surface area contributed by atoms with E-state index >= 15 is 0 Å². The first-order valence-corrected chi connectivity index (χ1v) is 15.6. The Balaban J connectivity index is 1.40. The largest absolute Gasteiger partial charge is 0.416 e. The van der Waals surface area contributed by atoms with E-state index in [0.717, 1.165) is 62.9 Å². The predicted octanol–water partition coefficient (Wildman–Crippen LogP) is 6.58. The molecule has 2 aliphatic heterocycles. The normalized spacial score (nSPS) is 19.2. The van der Waals surface area contributed by atoms with E-state index in [4.69, 9.17) is 23.2 Å². The summed E-state index contributed by atoms with van der Waals surface area (Å²) in [5, 5.41) is 12.9. The summed E-state index contributed by atoms with van der Waals surface area (Å²) in [6.45, 7) is -0.602. The van der Waals surface area contributed by atoms with Gasteiger partial charge in [-0.25, -0.2) is 4.90 Å². The van der Waals surface area contributed by atoms with Gasteiger partial charge in [-0.15, -0.1) is 0 Å². The van der Waals surface area contributed by atoms with E-state index in [9.17, 15) is 42.5 Å². The molecule has 3 heterocycles. The van der Waals surface area contributed by atoms with E-state index < -0.39 is 62.9 Å². The monoisotopic (exact) mass is 708 g/mol. The summed E-state index contributed by atoms with van der Waals surface area (Å²) in [4.78, 5) is 65.3. The molecule has 1 saturated heterocycles. The zero-order valence-corrected chi connectivity index (χ0v) is 25.9. The second-order valence-corrected chi connectivity index (χ2v) is 13.1. The molecule has 3 unspecified atom stereocenters. The quantitative estimate of drug-likeness (QED) is 0.136. The molecule has 10 nitrogen and oxygen atoms in total. The number of imide groups is 1. The maximum Gasteiger partial charge on any atom is 0.416 e. The van der Waals surface area contributed by atoms with E-state index in [0.29, 0.717) is 10.4 Å². The molecule has 3 atom stereocenters. The number of aromatic nitrogens is 1. The van der Waals surface area contributed by atoms with E-state index in [1.807, 2.05) is 0 Å². The molecule has 46 heavy (non-hydrogen) atoms. The molecule has 4 aromatic rings. The van der Waals surface area contributed by atoms with Crippen molar-refractivity contribution in [3.8, 4) is 0 Å². The second kappa shape index (κ2) is 11.9. The number of benzene rings is 3. The van der Waals surface area contributed by atoms with Gasteiger partial charge in [-0.2, -0.15) is 13.2 Å². The van der Waals surface area contributed by atoms with Gasteiger partial charge in [-0.05, 0) is 42.0 Å². The minimum Gasteiger partial charge on any atom is -0.325 e. The molecule has 1 N–H and O–H groups in total. The maximum atomic E-state index is 14.0. The number of hydrogen-bond acceptors (Lipinski definition) is 8. The van der Waals surface area contributed by atoms with Gasteiger partial charge in [-0.3, -0.25) is 33.9 Å². The first kappa shape index (κ1) is 31.8. The number of fused-ring (bicyclic) bond motifs is 2. The number of nitro benzene ring substituents is 1. The highest BCUT2D eigenvalue weighted by atomic mass is 35.5. The Bertz CT molecular complexity index is 2000. The van der Waals surface area contributed by atoms with Crippen molar-refractivity contribution in [3.05, 3.63) is 113 Å². The lowest BCUT2D eigenvalue weighted by Gasteiger charge is -2.31. The topological polar surface area (TPSA) is 132 Å². The van der Waals surface area contributed by atoms with Crippen LogP contribution in [0.15, 0.2) is 76.6 Å². The van der Waals surface area contributed by atoms with Crippen molar-refractivity contribution in [2.75, 3.05) is 10.2 Å². The number of anilines is 2. The van der Waals surface area contributed by atoms with Gasteiger partial charge < -0.3 is 5.32 Å². The number of thioether (sulfide) groups is 1. The Morgan fingerprint density at radius 2 is 1.70 bits per heavy atom. The van der Waals surface area contributed by atoms with Crippen LogP contribution >= 0.6 is 46.3 Å². The highest BCUT2D eigenvalue weighted by Crippen LogP contribution is 2.55. The molecule has 0 saturated carbocycles. The first-order valence-electron chi connectivity index (χ1n) is 13.2. The molecule has 6 rings (SSSR count). The van der Waals surface area contributed by atoms with Crippen LogP contribution in [-0.2, 0) is 27.1 Å². The number of nitrogens with zero attached hydrogens (tertiary/aromatic N) is 3. The Hall–Kier alpha value is -4.18. The molecule has 3 amide bonds. The third-order valence-electron chi connectivity index (χ3n) is 7.46. The van der Waals surface area contributed by atoms with E-state index in [1.165, 1.54) is 24.3 Å². The fraction of sp³-hybridized carbons (Fsp3) is 0.172. The van der Waals surface area contributed by atoms with Crippen molar-refractivity contribution in [1.29, 1.82) is 0 Å². The van der Waals surface area contributed by atoms with Crippen molar-refractivity contribution < 1.29 is 32.5 Å². The Kier molecular flexibility index (Phi) is 8.21. The van der Waals surface area contributed by atoms with Crippen molar-refractivity contribution in [3.63, 3.8) is 0 Å². The van der Waals surface area contributed by atoms with Crippen LogP contribution in [0.5, 0.6) is 0 Å². The highest BCUT2D eigenvalue weighted by Gasteiger charge is 2.57. The number of non-ortho nitro benzene ring substituents is 1. The zero-order valence-electron chi connectivity index (χ0n) is 22.8. The molecular formula is C29H17Cl2F3N4O6S2. The van der Waals surface area contributed by atoms with Crippen LogP contribution in [0.3, 0.4) is 0 Å². The number of amides is 3. The number of nitrogens with one attached hydrogen (secondary N) is 1. The summed E-state index contributed by atoms with van der Waals surface area (Å²) in [5.41, 5.74) is -0.886. The lowest BCUT2D eigenvalue weighted by atomic mass is 9.83. The summed E-state index contributed by atoms with van der Waals surface area (Å²) < 4.78 is 40.6. The van der Waals surface area contributed by atoms with Crippen LogP contribution in [0.2, 0.25) is 10.0 Å². The molecule has 0 aliphatic carbocycles. The number of halogens is 5. The van der Waals surface area contributed by atoms with Crippen LogP contribution in [0, 0.1) is 16.0 Å². The number of rotatable bonds is 6. The number of thiazole rings is 1. The fourth-order valence-electron chi connectivity index (χ4n) is 5.45. The molecule has 0 bridgehead atoms. The van der Waals surface area contributed by atoms with Crippen LogP contribution in [0.25, 0.3) is 0 Å². The van der Waals surface area contributed by atoms with Crippen LogP contribution < -0.4 is 15.1 Å². The number of nitro groups is 1. The Labute approximate surface area is 274 Å². The predicted molar refractivity (Wildman–Crippen MR) is 166 cm³/mol. The lowest BCUT2D eigenvalue weighted by molar-refractivity contribution is -0.384. The first-order chi connectivity index (χ1) is 21.8. The van der Waals surface area contributed by atoms with Gasteiger partial charge in [-0.1, -0.05) is 64.5 Å². The highest BCUT2D eigenvalue weighted by molar-refractivity contribution is 8.00. The lowest BCUT2D eigenvalue weighted by Crippen LogP contribution is -2.33. The summed E-state index contributed by atoms with van der Waals surface area (Å²) in [6, 6.07) is 13.6. The molecule has 2 aliphatic rings. The Morgan fingerprint density at radius 1 is 1.00 bits per heavy atom. The number of hydrogen-bond donors (Lipinski definition) is 1. The molecule has 0 spiro atoms. The van der Waals surface area contributed by atoms with E-state index in [-0.39, 0.29) is 32.1 Å². The fourth-order valence-corrected chi connectivity index (χ4v) is 8.64. The summed E-state index contributed by atoms with van der Waals surface area (Å²) >= 11 is 14.6. The molecule has 3 aromatic carbocycles. The minimum atomic E-state index is -4.64. The molecule has 1 aromatic heterocycles. The number of carbonyl (C=O) groups excluding carboxylic acids is 3. The number of carbonyl (C=O) groups is 3. The summed E-state index contributed by atoms with van der Waals surface area (Å²) in [7, 11) is 0. The molecule has 0 radical (unpaired) electrons. The molecule has 236 valence electrons. The Morgan fingerprint density at radius 3 is 2.37 bits per heavy atom.